The molecule has 0 aromatic rings. The Morgan fingerprint density at radius 3 is 2.76 bits per heavy atom. The largest absolute Gasteiger partial charge is 0.461 e. The third kappa shape index (κ3) is 1.30. The van der Waals surface area contributed by atoms with Crippen LogP contribution in [0.4, 0.5) is 0 Å². The topological polar surface area (TPSA) is 26.3 Å². The molecule has 0 bridgehead atoms. The van der Waals surface area contributed by atoms with E-state index >= 15 is 0 Å². The fraction of sp³-hybridized carbons (Fsp3) is 0.800. The van der Waals surface area contributed by atoms with Gasteiger partial charge in [-0.05, 0) is 31.6 Å². The van der Waals surface area contributed by atoms with Crippen molar-refractivity contribution >= 4 is 5.97 Å². The average molecular weight is 234 g/mol. The van der Waals surface area contributed by atoms with Gasteiger partial charge in [-0.2, -0.15) is 0 Å². The van der Waals surface area contributed by atoms with Crippen LogP contribution in [0.1, 0.15) is 46.0 Å². The fourth-order valence-corrected chi connectivity index (χ4v) is 4.57. The van der Waals surface area contributed by atoms with Gasteiger partial charge in [0.2, 0.25) is 0 Å². The maximum atomic E-state index is 11.8. The number of esters is 1. The van der Waals surface area contributed by atoms with Gasteiger partial charge in [0, 0.05) is 11.3 Å². The molecule has 0 N–H and O–H groups in total. The Bertz CT molecular complexity index is 373. The predicted molar refractivity (Wildman–Crippen MR) is 66.4 cm³/mol. The van der Waals surface area contributed by atoms with E-state index in [-0.39, 0.29) is 23.4 Å². The van der Waals surface area contributed by atoms with Gasteiger partial charge in [-0.1, -0.05) is 32.4 Å². The van der Waals surface area contributed by atoms with E-state index in [1.807, 2.05) is 6.92 Å². The number of rotatable bonds is 0. The Labute approximate surface area is 103 Å². The second-order valence-corrected chi connectivity index (χ2v) is 6.29. The highest BCUT2D eigenvalue weighted by Crippen LogP contribution is 2.60. The Kier molecular flexibility index (Phi) is 2.39. The van der Waals surface area contributed by atoms with Crippen LogP contribution in [0.3, 0.4) is 0 Å². The van der Waals surface area contributed by atoms with E-state index in [2.05, 4.69) is 13.5 Å². The second-order valence-electron chi connectivity index (χ2n) is 6.29. The second kappa shape index (κ2) is 3.60. The summed E-state index contributed by atoms with van der Waals surface area (Å²) in [7, 11) is 0. The van der Waals surface area contributed by atoms with Crippen molar-refractivity contribution in [2.75, 3.05) is 0 Å². The molecule has 1 aliphatic heterocycles. The number of carbonyl (C=O) groups excluding carboxylic acids is 1. The molecule has 0 radical (unpaired) electrons. The minimum absolute atomic E-state index is 0.0215. The Hall–Kier alpha value is -0.790. The number of carbonyl (C=O) groups is 1. The Morgan fingerprint density at radius 2 is 2.12 bits per heavy atom. The van der Waals surface area contributed by atoms with Crippen LogP contribution >= 0.6 is 0 Å². The zero-order valence-corrected chi connectivity index (χ0v) is 10.9. The maximum Gasteiger partial charge on any atom is 0.309 e. The molecule has 3 aliphatic rings. The molecule has 0 aromatic heterocycles. The molecule has 1 spiro atoms. The van der Waals surface area contributed by atoms with Crippen molar-refractivity contribution < 1.29 is 9.53 Å². The minimum atomic E-state index is 0.0215. The molecule has 2 saturated carbocycles. The van der Waals surface area contributed by atoms with E-state index < -0.39 is 0 Å². The summed E-state index contributed by atoms with van der Waals surface area (Å²) >= 11 is 0. The smallest absolute Gasteiger partial charge is 0.309 e. The monoisotopic (exact) mass is 234 g/mol. The molecule has 1 saturated heterocycles. The number of fused-ring (bicyclic) bond motifs is 2. The molecule has 5 unspecified atom stereocenters. The van der Waals surface area contributed by atoms with Crippen LogP contribution in [-0.4, -0.2) is 12.1 Å². The third-order valence-electron chi connectivity index (χ3n) is 5.70. The highest BCUT2D eigenvalue weighted by molar-refractivity contribution is 5.75. The molecule has 94 valence electrons. The summed E-state index contributed by atoms with van der Waals surface area (Å²) in [5.41, 5.74) is 1.47. The lowest BCUT2D eigenvalue weighted by molar-refractivity contribution is -0.149. The van der Waals surface area contributed by atoms with E-state index in [1.54, 1.807) is 0 Å². The van der Waals surface area contributed by atoms with Crippen LogP contribution in [0.2, 0.25) is 0 Å². The van der Waals surface area contributed by atoms with Crippen molar-refractivity contribution in [2.24, 2.45) is 23.2 Å². The van der Waals surface area contributed by atoms with Gasteiger partial charge < -0.3 is 4.74 Å². The van der Waals surface area contributed by atoms with E-state index in [0.29, 0.717) is 11.8 Å². The van der Waals surface area contributed by atoms with Gasteiger partial charge in [0.25, 0.3) is 0 Å². The predicted octanol–water partition coefficient (Wildman–Crippen LogP) is 3.32. The first-order chi connectivity index (χ1) is 8.07. The summed E-state index contributed by atoms with van der Waals surface area (Å²) in [6.45, 7) is 8.67. The van der Waals surface area contributed by atoms with Crippen LogP contribution < -0.4 is 0 Å². The first-order valence-corrected chi connectivity index (χ1v) is 6.96. The summed E-state index contributed by atoms with van der Waals surface area (Å²) in [5.74, 6) is 1.18. The molecular weight excluding hydrogens is 212 g/mol. The van der Waals surface area contributed by atoms with Crippen molar-refractivity contribution in [2.45, 2.75) is 52.1 Å². The summed E-state index contributed by atoms with van der Waals surface area (Å²) in [6, 6.07) is 0. The highest BCUT2D eigenvalue weighted by atomic mass is 16.6. The van der Waals surface area contributed by atoms with Crippen molar-refractivity contribution in [3.8, 4) is 0 Å². The standard InChI is InChI=1S/C15H22O2/c1-9-5-4-8-15(9)10(2)6-7-12-11(3)14(16)17-13(12)15/h9,11-13H,2,4-8H2,1,3H3. The van der Waals surface area contributed by atoms with E-state index in [1.165, 1.54) is 24.8 Å². The molecule has 2 aliphatic carbocycles. The molecular formula is C15H22O2. The van der Waals surface area contributed by atoms with Gasteiger partial charge in [-0.3, -0.25) is 4.79 Å². The normalized spacial score (nSPS) is 49.5. The van der Waals surface area contributed by atoms with Crippen molar-refractivity contribution in [3.63, 3.8) is 0 Å². The summed E-state index contributed by atoms with van der Waals surface area (Å²) < 4.78 is 5.76. The summed E-state index contributed by atoms with van der Waals surface area (Å²) in [4.78, 5) is 11.8. The molecule has 2 heteroatoms. The molecule has 17 heavy (non-hydrogen) atoms. The first-order valence-electron chi connectivity index (χ1n) is 6.96. The molecule has 1 heterocycles. The van der Waals surface area contributed by atoms with Crippen LogP contribution in [0.15, 0.2) is 12.2 Å². The molecule has 3 rings (SSSR count). The number of ether oxygens (including phenoxy) is 1. The van der Waals surface area contributed by atoms with Crippen LogP contribution in [0.25, 0.3) is 0 Å². The lowest BCUT2D eigenvalue weighted by atomic mass is 9.59. The zero-order chi connectivity index (χ0) is 12.2. The lowest BCUT2D eigenvalue weighted by Gasteiger charge is -2.46. The van der Waals surface area contributed by atoms with E-state index in [9.17, 15) is 4.79 Å². The van der Waals surface area contributed by atoms with Gasteiger partial charge in [-0.15, -0.1) is 0 Å². The van der Waals surface area contributed by atoms with E-state index in [4.69, 9.17) is 4.74 Å². The van der Waals surface area contributed by atoms with Crippen LogP contribution in [-0.2, 0) is 9.53 Å². The first kappa shape index (κ1) is 11.3. The Balaban J connectivity index is 2.01. The van der Waals surface area contributed by atoms with Gasteiger partial charge in [0.05, 0.1) is 5.92 Å². The molecule has 3 fully saturated rings. The van der Waals surface area contributed by atoms with Crippen LogP contribution in [0, 0.1) is 23.2 Å². The minimum Gasteiger partial charge on any atom is -0.461 e. The lowest BCUT2D eigenvalue weighted by Crippen LogP contribution is -2.46. The molecule has 2 nitrogen and oxygen atoms in total. The van der Waals surface area contributed by atoms with Crippen LogP contribution in [0.5, 0.6) is 0 Å². The SMILES string of the molecule is C=C1CCC2C(C)C(=O)OC2C12CCCC2C. The quantitative estimate of drug-likeness (QED) is 0.475. The summed E-state index contributed by atoms with van der Waals surface area (Å²) in [5, 5.41) is 0. The average Bonchev–Trinajstić information content (AvgIpc) is 2.80. The third-order valence-corrected chi connectivity index (χ3v) is 5.70. The van der Waals surface area contributed by atoms with Gasteiger partial charge in [0.1, 0.15) is 6.10 Å². The Morgan fingerprint density at radius 1 is 1.35 bits per heavy atom. The fourth-order valence-electron chi connectivity index (χ4n) is 4.57. The molecule has 5 atom stereocenters. The van der Waals surface area contributed by atoms with Gasteiger partial charge >= 0.3 is 5.97 Å². The molecule has 0 amide bonds. The van der Waals surface area contributed by atoms with Gasteiger partial charge in [-0.25, -0.2) is 0 Å². The number of hydrogen-bond donors (Lipinski definition) is 0. The molecule has 0 aromatic carbocycles. The van der Waals surface area contributed by atoms with Gasteiger partial charge in [0.15, 0.2) is 0 Å². The van der Waals surface area contributed by atoms with Crippen molar-refractivity contribution in [3.05, 3.63) is 12.2 Å². The maximum absolute atomic E-state index is 11.8. The summed E-state index contributed by atoms with van der Waals surface area (Å²) in [6.07, 6.45) is 6.00. The van der Waals surface area contributed by atoms with Crippen molar-refractivity contribution in [1.82, 2.24) is 0 Å². The highest BCUT2D eigenvalue weighted by Gasteiger charge is 2.59. The van der Waals surface area contributed by atoms with Crippen molar-refractivity contribution in [1.29, 1.82) is 0 Å². The van der Waals surface area contributed by atoms with E-state index in [0.717, 1.165) is 12.8 Å². The number of hydrogen-bond acceptors (Lipinski definition) is 2. The zero-order valence-electron chi connectivity index (χ0n) is 10.9.